The second-order valence-electron chi connectivity index (χ2n) is 11.5. The summed E-state index contributed by atoms with van der Waals surface area (Å²) >= 11 is 0. The van der Waals surface area contributed by atoms with Crippen molar-refractivity contribution in [3.05, 3.63) is 107 Å². The van der Waals surface area contributed by atoms with Crippen LogP contribution in [0.3, 0.4) is 0 Å². The Morgan fingerprint density at radius 3 is 1.79 bits per heavy atom. The van der Waals surface area contributed by atoms with E-state index in [-0.39, 0.29) is 25.0 Å². The molecule has 0 saturated heterocycles. The van der Waals surface area contributed by atoms with E-state index in [1.165, 1.54) is 6.92 Å². The van der Waals surface area contributed by atoms with Crippen molar-refractivity contribution in [1.82, 2.24) is 0 Å². The molecule has 1 saturated carbocycles. The van der Waals surface area contributed by atoms with Crippen molar-refractivity contribution in [1.29, 1.82) is 0 Å². The average Bonchev–Trinajstić information content (AvgIpc) is 2.90. The SMILES string of the molecule is CC(C)(C)c1ccc([C@@H]2[C@H](C(=O)OCc3ccccc3)C(=O)C[C@@](C)(O)[C@@H]2C(=O)OCc2ccccc2)cc1. The lowest BCUT2D eigenvalue weighted by Gasteiger charge is -2.43. The zero-order valence-electron chi connectivity index (χ0n) is 22.9. The van der Waals surface area contributed by atoms with Gasteiger partial charge in [-0.05, 0) is 34.6 Å². The molecule has 0 spiro atoms. The van der Waals surface area contributed by atoms with Crippen LogP contribution in [0, 0.1) is 11.8 Å². The van der Waals surface area contributed by atoms with Gasteiger partial charge in [0.05, 0.1) is 11.5 Å². The molecule has 6 heteroatoms. The molecule has 0 aliphatic heterocycles. The van der Waals surface area contributed by atoms with Gasteiger partial charge in [0.25, 0.3) is 0 Å². The number of ketones is 1. The quantitative estimate of drug-likeness (QED) is 0.321. The summed E-state index contributed by atoms with van der Waals surface area (Å²) in [5, 5.41) is 11.4. The summed E-state index contributed by atoms with van der Waals surface area (Å²) in [7, 11) is 0. The fraction of sp³-hybridized carbons (Fsp3) is 0.364. The maximum absolute atomic E-state index is 13.6. The van der Waals surface area contributed by atoms with Crippen LogP contribution in [0.4, 0.5) is 0 Å². The second-order valence-corrected chi connectivity index (χ2v) is 11.5. The number of ether oxygens (including phenoxy) is 2. The predicted octanol–water partition coefficient (Wildman–Crippen LogP) is 5.51. The van der Waals surface area contributed by atoms with Gasteiger partial charge in [0.1, 0.15) is 19.1 Å². The normalized spacial score (nSPS) is 23.2. The van der Waals surface area contributed by atoms with Crippen LogP contribution in [-0.4, -0.2) is 28.4 Å². The van der Waals surface area contributed by atoms with Crippen LogP contribution in [0.1, 0.15) is 62.3 Å². The van der Waals surface area contributed by atoms with Crippen molar-refractivity contribution in [2.75, 3.05) is 0 Å². The first-order valence-corrected chi connectivity index (χ1v) is 13.2. The number of hydrogen-bond donors (Lipinski definition) is 1. The molecule has 1 N–H and O–H groups in total. The monoisotopic (exact) mass is 528 g/mol. The topological polar surface area (TPSA) is 89.9 Å². The minimum absolute atomic E-state index is 0.00134. The first kappa shape index (κ1) is 28.2. The van der Waals surface area contributed by atoms with Crippen LogP contribution in [0.25, 0.3) is 0 Å². The first-order valence-electron chi connectivity index (χ1n) is 13.2. The van der Waals surface area contributed by atoms with Gasteiger partial charge >= 0.3 is 11.9 Å². The number of rotatable bonds is 7. The molecule has 39 heavy (non-hydrogen) atoms. The van der Waals surface area contributed by atoms with Crippen molar-refractivity contribution in [2.45, 2.75) is 64.3 Å². The minimum Gasteiger partial charge on any atom is -0.461 e. The van der Waals surface area contributed by atoms with Crippen LogP contribution in [-0.2, 0) is 42.5 Å². The van der Waals surface area contributed by atoms with E-state index in [4.69, 9.17) is 9.47 Å². The van der Waals surface area contributed by atoms with Gasteiger partial charge in [-0.2, -0.15) is 0 Å². The molecule has 0 heterocycles. The van der Waals surface area contributed by atoms with Crippen LogP contribution in [0.5, 0.6) is 0 Å². The largest absolute Gasteiger partial charge is 0.461 e. The highest BCUT2D eigenvalue weighted by Crippen LogP contribution is 2.47. The van der Waals surface area contributed by atoms with E-state index in [9.17, 15) is 19.5 Å². The molecule has 3 aromatic carbocycles. The Balaban J connectivity index is 1.69. The average molecular weight is 529 g/mol. The predicted molar refractivity (Wildman–Crippen MR) is 148 cm³/mol. The van der Waals surface area contributed by atoms with E-state index in [2.05, 4.69) is 20.8 Å². The molecule has 204 valence electrons. The Labute approximate surface area is 230 Å². The fourth-order valence-electron chi connectivity index (χ4n) is 5.26. The summed E-state index contributed by atoms with van der Waals surface area (Å²) in [4.78, 5) is 40.5. The van der Waals surface area contributed by atoms with Gasteiger partial charge in [0.2, 0.25) is 0 Å². The van der Waals surface area contributed by atoms with Crippen molar-refractivity contribution < 1.29 is 29.0 Å². The van der Waals surface area contributed by atoms with E-state index in [1.54, 1.807) is 0 Å². The van der Waals surface area contributed by atoms with Gasteiger partial charge in [-0.25, -0.2) is 0 Å². The molecule has 4 rings (SSSR count). The molecular weight excluding hydrogens is 492 g/mol. The molecule has 0 bridgehead atoms. The highest BCUT2D eigenvalue weighted by molar-refractivity contribution is 6.02. The van der Waals surface area contributed by atoms with Gasteiger partial charge in [0.15, 0.2) is 5.78 Å². The van der Waals surface area contributed by atoms with E-state index in [0.717, 1.165) is 16.7 Å². The molecule has 4 atom stereocenters. The van der Waals surface area contributed by atoms with E-state index in [0.29, 0.717) is 5.56 Å². The summed E-state index contributed by atoms with van der Waals surface area (Å²) in [6, 6.07) is 25.9. The summed E-state index contributed by atoms with van der Waals surface area (Å²) < 4.78 is 11.3. The third kappa shape index (κ3) is 6.63. The number of esters is 2. The lowest BCUT2D eigenvalue weighted by atomic mass is 9.61. The third-order valence-electron chi connectivity index (χ3n) is 7.38. The summed E-state index contributed by atoms with van der Waals surface area (Å²) in [5.41, 5.74) is 1.41. The highest BCUT2D eigenvalue weighted by atomic mass is 16.5. The summed E-state index contributed by atoms with van der Waals surface area (Å²) in [5.74, 6) is -5.22. The molecule has 1 aliphatic rings. The first-order chi connectivity index (χ1) is 18.5. The maximum Gasteiger partial charge on any atom is 0.317 e. The number of Topliss-reactive ketones (excluding diaryl/α,β-unsaturated/α-hetero) is 1. The number of aliphatic hydroxyl groups is 1. The Hall–Kier alpha value is -3.77. The van der Waals surface area contributed by atoms with Gasteiger partial charge in [0, 0.05) is 12.3 Å². The lowest BCUT2D eigenvalue weighted by molar-refractivity contribution is -0.174. The zero-order chi connectivity index (χ0) is 28.2. The van der Waals surface area contributed by atoms with E-state index < -0.39 is 41.1 Å². The highest BCUT2D eigenvalue weighted by Gasteiger charge is 2.57. The smallest absolute Gasteiger partial charge is 0.317 e. The zero-order valence-corrected chi connectivity index (χ0v) is 22.9. The molecule has 3 aromatic rings. The standard InChI is InChI=1S/C33H36O6/c1-32(2,3)25-17-15-24(16-18-25)27-28(30(35)38-20-22-11-7-5-8-12-22)26(34)19-33(4,37)29(27)31(36)39-21-23-13-9-6-10-14-23/h5-18,27-29,37H,19-21H2,1-4H3/t27-,28-,29+,33-/m1/s1. The fourth-order valence-corrected chi connectivity index (χ4v) is 5.26. The molecule has 0 amide bonds. The number of carbonyl (C=O) groups excluding carboxylic acids is 3. The molecule has 1 fully saturated rings. The van der Waals surface area contributed by atoms with Crippen LogP contribution >= 0.6 is 0 Å². The van der Waals surface area contributed by atoms with E-state index in [1.807, 2.05) is 84.9 Å². The molecule has 1 aliphatic carbocycles. The Morgan fingerprint density at radius 2 is 1.31 bits per heavy atom. The van der Waals surface area contributed by atoms with Gasteiger partial charge in [-0.1, -0.05) is 106 Å². The second kappa shape index (κ2) is 11.5. The number of carbonyl (C=O) groups is 3. The molecule has 0 aromatic heterocycles. The summed E-state index contributed by atoms with van der Waals surface area (Å²) in [6.07, 6.45) is -0.361. The lowest BCUT2D eigenvalue weighted by Crippen LogP contribution is -2.55. The number of hydrogen-bond acceptors (Lipinski definition) is 6. The minimum atomic E-state index is -1.71. The molecule has 0 unspecified atom stereocenters. The third-order valence-corrected chi connectivity index (χ3v) is 7.38. The van der Waals surface area contributed by atoms with E-state index >= 15 is 0 Å². The molecule has 0 radical (unpaired) electrons. The Bertz CT molecular complexity index is 1290. The van der Waals surface area contributed by atoms with Crippen molar-refractivity contribution in [3.8, 4) is 0 Å². The maximum atomic E-state index is 13.6. The summed E-state index contributed by atoms with van der Waals surface area (Å²) in [6.45, 7) is 7.73. The van der Waals surface area contributed by atoms with Gasteiger partial charge in [-0.3, -0.25) is 14.4 Å². The van der Waals surface area contributed by atoms with Crippen LogP contribution < -0.4 is 0 Å². The molecular formula is C33H36O6. The molecule has 6 nitrogen and oxygen atoms in total. The van der Waals surface area contributed by atoms with Crippen LogP contribution in [0.15, 0.2) is 84.9 Å². The van der Waals surface area contributed by atoms with Gasteiger partial charge in [-0.15, -0.1) is 0 Å². The number of benzene rings is 3. The Kier molecular flexibility index (Phi) is 8.36. The van der Waals surface area contributed by atoms with Crippen LogP contribution in [0.2, 0.25) is 0 Å². The van der Waals surface area contributed by atoms with Gasteiger partial charge < -0.3 is 14.6 Å². The van der Waals surface area contributed by atoms with Crippen molar-refractivity contribution in [3.63, 3.8) is 0 Å². The Morgan fingerprint density at radius 1 is 0.821 bits per heavy atom. The van der Waals surface area contributed by atoms with Crippen molar-refractivity contribution in [2.24, 2.45) is 11.8 Å². The van der Waals surface area contributed by atoms with Crippen molar-refractivity contribution >= 4 is 17.7 Å².